The van der Waals surface area contributed by atoms with Crippen LogP contribution in [0, 0.1) is 0 Å². The highest BCUT2D eigenvalue weighted by atomic mass is 32.2. The maximum absolute atomic E-state index is 13.1. The highest BCUT2D eigenvalue weighted by molar-refractivity contribution is 7.89. The second-order valence-corrected chi connectivity index (χ2v) is 11.0. The van der Waals surface area contributed by atoms with Gasteiger partial charge in [0.05, 0.1) is 16.8 Å². The molecular weight excluding hydrogens is 452 g/mol. The Morgan fingerprint density at radius 3 is 2.42 bits per heavy atom. The first-order valence-electron chi connectivity index (χ1n) is 11.3. The average molecular weight is 485 g/mol. The van der Waals surface area contributed by atoms with Gasteiger partial charge in [0.1, 0.15) is 0 Å². The van der Waals surface area contributed by atoms with Crippen molar-refractivity contribution < 1.29 is 8.42 Å². The summed E-state index contributed by atoms with van der Waals surface area (Å²) in [7, 11) is -3.53. The van der Waals surface area contributed by atoms with Crippen LogP contribution >= 0.6 is 11.3 Å². The Kier molecular flexibility index (Phi) is 8.77. The molecule has 8 heteroatoms. The molecule has 0 aliphatic rings. The fraction of sp³-hybridized carbons (Fsp3) is 0.360. The Morgan fingerprint density at radius 1 is 1.09 bits per heavy atom. The van der Waals surface area contributed by atoms with Crippen LogP contribution < -0.4 is 5.43 Å². The molecule has 0 saturated heterocycles. The Hall–Kier alpha value is -2.55. The molecular formula is C25H32N4O2S2. The van der Waals surface area contributed by atoms with Crippen molar-refractivity contribution in [2.24, 2.45) is 5.10 Å². The molecule has 0 atom stereocenters. The molecule has 0 aliphatic heterocycles. The number of nitrogens with zero attached hydrogens (tertiary/aromatic N) is 3. The summed E-state index contributed by atoms with van der Waals surface area (Å²) >= 11 is 1.43. The van der Waals surface area contributed by atoms with Crippen molar-refractivity contribution in [1.82, 2.24) is 9.29 Å². The summed E-state index contributed by atoms with van der Waals surface area (Å²) in [4.78, 5) is 4.87. The van der Waals surface area contributed by atoms with E-state index in [1.54, 1.807) is 28.7 Å². The zero-order chi connectivity index (χ0) is 23.8. The third kappa shape index (κ3) is 6.50. The third-order valence-corrected chi connectivity index (χ3v) is 7.84. The van der Waals surface area contributed by atoms with Crippen LogP contribution in [0.1, 0.15) is 57.6 Å². The molecule has 0 aliphatic carbocycles. The van der Waals surface area contributed by atoms with Gasteiger partial charge in [-0.25, -0.2) is 13.4 Å². The SMILES string of the molecule is CCCN(CCC)S(=O)(=O)c1cccc(-c2csc(N/N=C/c3ccc(C(C)C)cc3)n2)c1. The fourth-order valence-corrected chi connectivity index (χ4v) is 5.74. The lowest BCUT2D eigenvalue weighted by molar-refractivity contribution is 0.410. The van der Waals surface area contributed by atoms with Crippen LogP contribution in [0.5, 0.6) is 0 Å². The molecule has 3 aromatic rings. The van der Waals surface area contributed by atoms with E-state index < -0.39 is 10.0 Å². The molecule has 6 nitrogen and oxygen atoms in total. The highest BCUT2D eigenvalue weighted by Gasteiger charge is 2.23. The van der Waals surface area contributed by atoms with Crippen LogP contribution in [0.2, 0.25) is 0 Å². The monoisotopic (exact) mass is 484 g/mol. The first-order valence-corrected chi connectivity index (χ1v) is 13.6. The highest BCUT2D eigenvalue weighted by Crippen LogP contribution is 2.28. The van der Waals surface area contributed by atoms with Crippen LogP contribution in [-0.4, -0.2) is 37.0 Å². The lowest BCUT2D eigenvalue weighted by Crippen LogP contribution is -2.32. The number of hydrogen-bond acceptors (Lipinski definition) is 6. The van der Waals surface area contributed by atoms with Crippen molar-refractivity contribution in [2.75, 3.05) is 18.5 Å². The largest absolute Gasteiger partial charge is 0.253 e. The van der Waals surface area contributed by atoms with E-state index in [9.17, 15) is 8.42 Å². The van der Waals surface area contributed by atoms with Gasteiger partial charge in [-0.3, -0.25) is 5.43 Å². The topological polar surface area (TPSA) is 74.7 Å². The maximum atomic E-state index is 13.1. The average Bonchev–Trinajstić information content (AvgIpc) is 3.28. The van der Waals surface area contributed by atoms with Crippen molar-refractivity contribution in [3.8, 4) is 11.3 Å². The van der Waals surface area contributed by atoms with Crippen LogP contribution in [0.4, 0.5) is 5.13 Å². The molecule has 0 unspecified atom stereocenters. The van der Waals surface area contributed by atoms with E-state index in [-0.39, 0.29) is 0 Å². The standard InChI is InChI=1S/C25H32N4O2S2/c1-5-14-29(15-6-2)33(30,31)23-9-7-8-22(16-23)24-18-32-25(27-24)28-26-17-20-10-12-21(13-11-20)19(3)4/h7-13,16-19H,5-6,14-15H2,1-4H3,(H,27,28)/b26-17+. The lowest BCUT2D eigenvalue weighted by Gasteiger charge is -2.21. The molecule has 2 aromatic carbocycles. The van der Waals surface area contributed by atoms with Crippen LogP contribution in [0.25, 0.3) is 11.3 Å². The van der Waals surface area contributed by atoms with E-state index in [0.717, 1.165) is 24.0 Å². The van der Waals surface area contributed by atoms with Crippen molar-refractivity contribution in [2.45, 2.75) is 51.3 Å². The predicted molar refractivity (Wildman–Crippen MR) is 139 cm³/mol. The first-order chi connectivity index (χ1) is 15.8. The number of aromatic nitrogens is 1. The molecule has 0 fully saturated rings. The van der Waals surface area contributed by atoms with Crippen LogP contribution in [0.15, 0.2) is 63.9 Å². The molecule has 1 heterocycles. The van der Waals surface area contributed by atoms with Gasteiger partial charge in [-0.1, -0.05) is 64.1 Å². The molecule has 0 spiro atoms. The first kappa shape index (κ1) is 25.1. The van der Waals surface area contributed by atoms with Gasteiger partial charge in [-0.2, -0.15) is 9.41 Å². The quantitative estimate of drug-likeness (QED) is 0.260. The summed E-state index contributed by atoms with van der Waals surface area (Å²) in [6, 6.07) is 15.3. The number of nitrogens with one attached hydrogen (secondary N) is 1. The summed E-state index contributed by atoms with van der Waals surface area (Å²) in [5, 5.41) is 6.83. The summed E-state index contributed by atoms with van der Waals surface area (Å²) in [5.74, 6) is 0.498. The molecule has 33 heavy (non-hydrogen) atoms. The number of hydrazone groups is 1. The number of anilines is 1. The number of sulfonamides is 1. The van der Waals surface area contributed by atoms with Gasteiger partial charge >= 0.3 is 0 Å². The van der Waals surface area contributed by atoms with E-state index >= 15 is 0 Å². The predicted octanol–water partition coefficient (Wildman–Crippen LogP) is 6.19. The summed E-state index contributed by atoms with van der Waals surface area (Å²) in [6.45, 7) is 9.35. The molecule has 176 valence electrons. The van der Waals surface area contributed by atoms with Gasteiger partial charge in [0, 0.05) is 24.0 Å². The van der Waals surface area contributed by atoms with Crippen LogP contribution in [0.3, 0.4) is 0 Å². The maximum Gasteiger partial charge on any atom is 0.243 e. The van der Waals surface area contributed by atoms with Crippen LogP contribution in [-0.2, 0) is 10.0 Å². The fourth-order valence-electron chi connectivity index (χ4n) is 3.40. The van der Waals surface area contributed by atoms with Gasteiger partial charge in [0.2, 0.25) is 15.2 Å². The van der Waals surface area contributed by atoms with Gasteiger partial charge in [0.25, 0.3) is 0 Å². The van der Waals surface area contributed by atoms with Crippen molar-refractivity contribution >= 4 is 32.7 Å². The van der Waals surface area contributed by atoms with Gasteiger partial charge in [-0.15, -0.1) is 11.3 Å². The van der Waals surface area contributed by atoms with Gasteiger partial charge in [-0.05, 0) is 42.0 Å². The van der Waals surface area contributed by atoms with E-state index in [0.29, 0.717) is 34.7 Å². The van der Waals surface area contributed by atoms with E-state index in [4.69, 9.17) is 0 Å². The minimum Gasteiger partial charge on any atom is -0.253 e. The minimum atomic E-state index is -3.53. The Balaban J connectivity index is 1.72. The van der Waals surface area contributed by atoms with Gasteiger partial charge < -0.3 is 0 Å². The molecule has 0 saturated carbocycles. The minimum absolute atomic E-state index is 0.298. The number of hydrogen-bond donors (Lipinski definition) is 1. The number of thiazole rings is 1. The lowest BCUT2D eigenvalue weighted by atomic mass is 10.0. The van der Waals surface area contributed by atoms with Crippen molar-refractivity contribution in [1.29, 1.82) is 0 Å². The summed E-state index contributed by atoms with van der Waals surface area (Å²) < 4.78 is 27.8. The Morgan fingerprint density at radius 2 is 1.79 bits per heavy atom. The Labute approximate surface area is 201 Å². The molecule has 0 radical (unpaired) electrons. The zero-order valence-corrected chi connectivity index (χ0v) is 21.3. The van der Waals surface area contributed by atoms with E-state index in [2.05, 4.69) is 41.5 Å². The second-order valence-electron chi connectivity index (χ2n) is 8.16. The van der Waals surface area contributed by atoms with Gasteiger partial charge in [0.15, 0.2) is 0 Å². The summed E-state index contributed by atoms with van der Waals surface area (Å²) in [5.41, 5.74) is 6.75. The van der Waals surface area contributed by atoms with E-state index in [1.165, 1.54) is 16.9 Å². The molecule has 3 rings (SSSR count). The van der Waals surface area contributed by atoms with Crippen molar-refractivity contribution in [3.05, 3.63) is 65.0 Å². The zero-order valence-electron chi connectivity index (χ0n) is 19.7. The molecule has 1 aromatic heterocycles. The smallest absolute Gasteiger partial charge is 0.243 e. The molecule has 1 N–H and O–H groups in total. The molecule has 0 bridgehead atoms. The Bertz CT molecular complexity index is 1160. The van der Waals surface area contributed by atoms with Crippen molar-refractivity contribution in [3.63, 3.8) is 0 Å². The number of benzene rings is 2. The van der Waals surface area contributed by atoms with E-state index in [1.807, 2.05) is 37.4 Å². The third-order valence-electron chi connectivity index (χ3n) is 5.19. The second kappa shape index (κ2) is 11.5. The molecule has 0 amide bonds. The summed E-state index contributed by atoms with van der Waals surface area (Å²) in [6.07, 6.45) is 3.32. The normalized spacial score (nSPS) is 12.2. The number of rotatable bonds is 11.